The van der Waals surface area contributed by atoms with Gasteiger partial charge in [-0.3, -0.25) is 9.59 Å². The number of hydrogen-bond acceptors (Lipinski definition) is 5. The number of likely N-dealkylation sites (tertiary alicyclic amines) is 1. The van der Waals surface area contributed by atoms with Crippen molar-refractivity contribution in [1.82, 2.24) is 24.4 Å². The average molecular weight is 412 g/mol. The van der Waals surface area contributed by atoms with Crippen molar-refractivity contribution in [2.75, 3.05) is 13.1 Å². The summed E-state index contributed by atoms with van der Waals surface area (Å²) in [4.78, 5) is 38.2. The number of thiophene rings is 1. The number of H-pyrrole nitrogens is 1. The van der Waals surface area contributed by atoms with Crippen LogP contribution >= 0.6 is 11.3 Å². The Bertz CT molecular complexity index is 1020. The highest BCUT2D eigenvalue weighted by molar-refractivity contribution is 7.08. The molecule has 29 heavy (non-hydrogen) atoms. The SMILES string of the molecule is Cc1nccn1CCC(=O)N1CCC(Cc2nc(-c3ccsc3)cc(=O)[nH]2)CC1. The lowest BCUT2D eigenvalue weighted by Crippen LogP contribution is -2.39. The fourth-order valence-corrected chi connectivity index (χ4v) is 4.49. The Morgan fingerprint density at radius 1 is 1.34 bits per heavy atom. The van der Waals surface area contributed by atoms with Crippen molar-refractivity contribution in [2.45, 2.75) is 39.2 Å². The van der Waals surface area contributed by atoms with E-state index in [0.717, 1.165) is 55.3 Å². The minimum atomic E-state index is -0.112. The van der Waals surface area contributed by atoms with Crippen molar-refractivity contribution in [1.29, 1.82) is 0 Å². The van der Waals surface area contributed by atoms with Crippen LogP contribution in [-0.2, 0) is 17.8 Å². The van der Waals surface area contributed by atoms with Crippen molar-refractivity contribution in [2.24, 2.45) is 5.92 Å². The topological polar surface area (TPSA) is 83.9 Å². The number of nitrogens with one attached hydrogen (secondary N) is 1. The minimum absolute atomic E-state index is 0.112. The van der Waals surface area contributed by atoms with E-state index in [1.54, 1.807) is 23.6 Å². The summed E-state index contributed by atoms with van der Waals surface area (Å²) in [5.74, 6) is 2.29. The van der Waals surface area contributed by atoms with E-state index < -0.39 is 0 Å². The molecule has 1 amide bonds. The maximum Gasteiger partial charge on any atom is 0.251 e. The molecule has 1 fully saturated rings. The molecule has 0 spiro atoms. The maximum absolute atomic E-state index is 12.5. The molecule has 3 aromatic heterocycles. The molecule has 0 bridgehead atoms. The molecule has 1 N–H and O–H groups in total. The molecule has 0 radical (unpaired) electrons. The number of imidazole rings is 1. The fraction of sp³-hybridized carbons (Fsp3) is 0.429. The molecule has 1 aliphatic rings. The summed E-state index contributed by atoms with van der Waals surface area (Å²) in [6.45, 7) is 4.15. The van der Waals surface area contributed by atoms with E-state index in [1.807, 2.05) is 39.4 Å². The summed E-state index contributed by atoms with van der Waals surface area (Å²) in [5, 5.41) is 3.99. The predicted octanol–water partition coefficient (Wildman–Crippen LogP) is 2.87. The molecule has 0 aliphatic carbocycles. The Kier molecular flexibility index (Phi) is 5.89. The molecule has 3 aromatic rings. The lowest BCUT2D eigenvalue weighted by Gasteiger charge is -2.32. The third-order valence-electron chi connectivity index (χ3n) is 5.55. The summed E-state index contributed by atoms with van der Waals surface area (Å²) >= 11 is 1.59. The molecule has 1 aliphatic heterocycles. The van der Waals surface area contributed by atoms with Crippen molar-refractivity contribution in [3.63, 3.8) is 0 Å². The molecular formula is C21H25N5O2S. The summed E-state index contributed by atoms with van der Waals surface area (Å²) in [7, 11) is 0. The molecule has 1 saturated heterocycles. The second-order valence-electron chi connectivity index (χ2n) is 7.54. The quantitative estimate of drug-likeness (QED) is 0.676. The van der Waals surface area contributed by atoms with Crippen LogP contribution in [0.4, 0.5) is 0 Å². The van der Waals surface area contributed by atoms with E-state index in [4.69, 9.17) is 0 Å². The number of carbonyl (C=O) groups excluding carboxylic acids is 1. The fourth-order valence-electron chi connectivity index (χ4n) is 3.84. The van der Waals surface area contributed by atoms with Crippen LogP contribution in [-0.4, -0.2) is 43.4 Å². The normalized spacial score (nSPS) is 15.0. The van der Waals surface area contributed by atoms with Crippen LogP contribution in [0.3, 0.4) is 0 Å². The Balaban J connectivity index is 1.30. The van der Waals surface area contributed by atoms with E-state index in [-0.39, 0.29) is 11.5 Å². The molecule has 0 unspecified atom stereocenters. The van der Waals surface area contributed by atoms with Crippen LogP contribution in [0.15, 0.2) is 40.1 Å². The van der Waals surface area contributed by atoms with Crippen molar-refractivity contribution in [3.8, 4) is 11.3 Å². The van der Waals surface area contributed by atoms with Crippen molar-refractivity contribution < 1.29 is 4.79 Å². The smallest absolute Gasteiger partial charge is 0.251 e. The summed E-state index contributed by atoms with van der Waals surface area (Å²) in [5.41, 5.74) is 1.60. The first-order valence-corrected chi connectivity index (χ1v) is 10.9. The number of piperidine rings is 1. The Morgan fingerprint density at radius 2 is 2.17 bits per heavy atom. The Labute approximate surface area is 173 Å². The van der Waals surface area contributed by atoms with Gasteiger partial charge >= 0.3 is 0 Å². The standard InChI is InChI=1S/C21H25N5O2S/c1-15-22-6-10-25(15)9-4-21(28)26-7-2-16(3-8-26)12-19-23-18(13-20(27)24-19)17-5-11-29-14-17/h5-6,10-11,13-14,16H,2-4,7-9,12H2,1H3,(H,23,24,27). The van der Waals surface area contributed by atoms with Gasteiger partial charge in [-0.05, 0) is 37.1 Å². The van der Waals surface area contributed by atoms with Gasteiger partial charge in [-0.25, -0.2) is 9.97 Å². The van der Waals surface area contributed by atoms with Gasteiger partial charge in [0.15, 0.2) is 0 Å². The highest BCUT2D eigenvalue weighted by Gasteiger charge is 2.23. The number of hydrogen-bond donors (Lipinski definition) is 1. The zero-order valence-electron chi connectivity index (χ0n) is 16.5. The number of amides is 1. The molecule has 4 rings (SSSR count). The van der Waals surface area contributed by atoms with Crippen molar-refractivity contribution >= 4 is 17.2 Å². The van der Waals surface area contributed by atoms with Crippen LogP contribution in [0.1, 0.15) is 30.9 Å². The van der Waals surface area contributed by atoms with Gasteiger partial charge in [0.05, 0.1) is 5.69 Å². The summed E-state index contributed by atoms with van der Waals surface area (Å²) in [6.07, 6.45) is 6.78. The number of aryl methyl sites for hydroxylation is 2. The molecule has 0 saturated carbocycles. The lowest BCUT2D eigenvalue weighted by atomic mass is 9.93. The van der Waals surface area contributed by atoms with E-state index >= 15 is 0 Å². The molecule has 4 heterocycles. The van der Waals surface area contributed by atoms with Crippen LogP contribution in [0.2, 0.25) is 0 Å². The van der Waals surface area contributed by atoms with E-state index in [9.17, 15) is 9.59 Å². The summed E-state index contributed by atoms with van der Waals surface area (Å²) < 4.78 is 2.01. The van der Waals surface area contributed by atoms with Gasteiger partial charge in [0.25, 0.3) is 5.56 Å². The van der Waals surface area contributed by atoms with Crippen LogP contribution in [0, 0.1) is 12.8 Å². The van der Waals surface area contributed by atoms with Crippen LogP contribution < -0.4 is 5.56 Å². The number of carbonyl (C=O) groups is 1. The Morgan fingerprint density at radius 3 is 2.86 bits per heavy atom. The van der Waals surface area contributed by atoms with E-state index in [2.05, 4.69) is 15.0 Å². The third kappa shape index (κ3) is 4.82. The largest absolute Gasteiger partial charge is 0.343 e. The van der Waals surface area contributed by atoms with E-state index in [0.29, 0.717) is 18.9 Å². The first-order valence-electron chi connectivity index (χ1n) is 9.97. The average Bonchev–Trinajstić information content (AvgIpc) is 3.38. The summed E-state index contributed by atoms with van der Waals surface area (Å²) in [6, 6.07) is 3.53. The first kappa shape index (κ1) is 19.6. The van der Waals surface area contributed by atoms with Gasteiger partial charge in [-0.1, -0.05) is 0 Å². The number of nitrogens with zero attached hydrogens (tertiary/aromatic N) is 4. The minimum Gasteiger partial charge on any atom is -0.343 e. The van der Waals surface area contributed by atoms with Gasteiger partial charge in [-0.15, -0.1) is 0 Å². The molecule has 0 aromatic carbocycles. The second-order valence-corrected chi connectivity index (χ2v) is 8.32. The van der Waals surface area contributed by atoms with Gasteiger partial charge in [-0.2, -0.15) is 11.3 Å². The van der Waals surface area contributed by atoms with Gasteiger partial charge in [0.1, 0.15) is 11.6 Å². The number of aromatic nitrogens is 4. The van der Waals surface area contributed by atoms with Gasteiger partial charge in [0, 0.05) is 61.9 Å². The molecule has 8 heteroatoms. The zero-order valence-corrected chi connectivity index (χ0v) is 17.3. The van der Waals surface area contributed by atoms with Crippen molar-refractivity contribution in [3.05, 3.63) is 57.3 Å². The highest BCUT2D eigenvalue weighted by atomic mass is 32.1. The van der Waals surface area contributed by atoms with Crippen LogP contribution in [0.5, 0.6) is 0 Å². The molecule has 152 valence electrons. The maximum atomic E-state index is 12.5. The van der Waals surface area contributed by atoms with Gasteiger partial charge in [0.2, 0.25) is 5.91 Å². The zero-order chi connectivity index (χ0) is 20.2. The van der Waals surface area contributed by atoms with Crippen LogP contribution in [0.25, 0.3) is 11.3 Å². The lowest BCUT2D eigenvalue weighted by molar-refractivity contribution is -0.132. The first-order chi connectivity index (χ1) is 14.1. The number of aromatic amines is 1. The second kappa shape index (κ2) is 8.73. The van der Waals surface area contributed by atoms with Gasteiger partial charge < -0.3 is 14.5 Å². The highest BCUT2D eigenvalue weighted by Crippen LogP contribution is 2.23. The molecule has 0 atom stereocenters. The molecular weight excluding hydrogens is 386 g/mol. The molecule has 7 nitrogen and oxygen atoms in total. The number of rotatable bonds is 6. The Hall–Kier alpha value is -2.74. The predicted molar refractivity (Wildman–Crippen MR) is 113 cm³/mol. The third-order valence-corrected chi connectivity index (χ3v) is 6.23. The van der Waals surface area contributed by atoms with E-state index in [1.165, 1.54) is 0 Å². The monoisotopic (exact) mass is 411 g/mol.